The van der Waals surface area contributed by atoms with Crippen LogP contribution in [0.4, 0.5) is 5.69 Å². The van der Waals surface area contributed by atoms with E-state index in [0.717, 1.165) is 0 Å². The van der Waals surface area contributed by atoms with E-state index >= 15 is 0 Å². The predicted molar refractivity (Wildman–Crippen MR) is 75.5 cm³/mol. The molecule has 3 aromatic heterocycles. The number of nitrogens with one attached hydrogen (secondary N) is 1. The monoisotopic (exact) mass is 281 g/mol. The highest BCUT2D eigenvalue weighted by Crippen LogP contribution is 2.07. The van der Waals surface area contributed by atoms with E-state index in [9.17, 15) is 4.79 Å². The molecule has 0 radical (unpaired) electrons. The van der Waals surface area contributed by atoms with Gasteiger partial charge >= 0.3 is 0 Å². The molecule has 0 atom stereocenters. The van der Waals surface area contributed by atoms with Crippen molar-refractivity contribution in [3.05, 3.63) is 61.3 Å². The molecule has 3 aromatic rings. The van der Waals surface area contributed by atoms with Crippen LogP contribution in [0.25, 0.3) is 12.0 Å². The van der Waals surface area contributed by atoms with Gasteiger partial charge in [0, 0.05) is 18.5 Å². The Labute approximate surface area is 120 Å². The third-order valence-corrected chi connectivity index (χ3v) is 2.58. The van der Waals surface area contributed by atoms with E-state index in [0.29, 0.717) is 17.4 Å². The van der Waals surface area contributed by atoms with E-state index in [2.05, 4.69) is 20.3 Å². The van der Waals surface area contributed by atoms with Gasteiger partial charge in [-0.3, -0.25) is 9.36 Å². The van der Waals surface area contributed by atoms with E-state index in [-0.39, 0.29) is 5.91 Å². The highest BCUT2D eigenvalue weighted by molar-refractivity contribution is 6.01. The van der Waals surface area contributed by atoms with Crippen molar-refractivity contribution in [3.8, 4) is 5.95 Å². The van der Waals surface area contributed by atoms with Crippen molar-refractivity contribution < 1.29 is 9.21 Å². The first kappa shape index (κ1) is 12.8. The minimum absolute atomic E-state index is 0.287. The Morgan fingerprint density at radius 1 is 1.33 bits per heavy atom. The summed E-state index contributed by atoms with van der Waals surface area (Å²) < 4.78 is 6.76. The van der Waals surface area contributed by atoms with Crippen molar-refractivity contribution >= 4 is 17.7 Å². The zero-order valence-corrected chi connectivity index (χ0v) is 10.9. The minimum atomic E-state index is -0.287. The second-order valence-electron chi connectivity index (χ2n) is 4.08. The lowest BCUT2D eigenvalue weighted by Gasteiger charge is -2.03. The first-order valence-corrected chi connectivity index (χ1v) is 6.14. The first-order valence-electron chi connectivity index (χ1n) is 6.14. The Hall–Kier alpha value is -3.22. The molecule has 0 unspecified atom stereocenters. The summed E-state index contributed by atoms with van der Waals surface area (Å²) >= 11 is 0. The number of furan rings is 1. The van der Waals surface area contributed by atoms with Gasteiger partial charge in [0.05, 0.1) is 24.3 Å². The molecule has 3 rings (SSSR count). The molecule has 21 heavy (non-hydrogen) atoms. The molecule has 7 heteroatoms. The number of nitrogens with zero attached hydrogens (tertiary/aromatic N) is 4. The number of carbonyl (C=O) groups is 1. The number of hydrogen-bond donors (Lipinski definition) is 1. The third kappa shape index (κ3) is 3.21. The Morgan fingerprint density at radius 3 is 2.86 bits per heavy atom. The molecule has 0 saturated heterocycles. The van der Waals surface area contributed by atoms with Crippen molar-refractivity contribution in [3.63, 3.8) is 0 Å². The number of imidazole rings is 1. The summed E-state index contributed by atoms with van der Waals surface area (Å²) in [7, 11) is 0. The van der Waals surface area contributed by atoms with E-state index in [1.807, 2.05) is 0 Å². The average Bonchev–Trinajstić information content (AvgIpc) is 3.19. The van der Waals surface area contributed by atoms with E-state index in [1.54, 1.807) is 47.8 Å². The lowest BCUT2D eigenvalue weighted by molar-refractivity contribution is -0.111. The normalized spacial score (nSPS) is 10.9. The maximum Gasteiger partial charge on any atom is 0.248 e. The summed E-state index contributed by atoms with van der Waals surface area (Å²) in [6.45, 7) is 0. The van der Waals surface area contributed by atoms with Gasteiger partial charge in [0.2, 0.25) is 11.9 Å². The number of carbonyl (C=O) groups excluding carboxylic acids is 1. The molecular weight excluding hydrogens is 270 g/mol. The fourth-order valence-corrected chi connectivity index (χ4v) is 1.62. The molecule has 0 aliphatic rings. The maximum atomic E-state index is 11.7. The topological polar surface area (TPSA) is 85.8 Å². The van der Waals surface area contributed by atoms with Crippen LogP contribution < -0.4 is 5.32 Å². The quantitative estimate of drug-likeness (QED) is 0.738. The molecule has 0 aliphatic heterocycles. The third-order valence-electron chi connectivity index (χ3n) is 2.58. The van der Waals surface area contributed by atoms with Gasteiger partial charge in [0.1, 0.15) is 12.1 Å². The molecule has 1 amide bonds. The first-order chi connectivity index (χ1) is 10.3. The zero-order chi connectivity index (χ0) is 14.5. The van der Waals surface area contributed by atoms with E-state index < -0.39 is 0 Å². The van der Waals surface area contributed by atoms with E-state index in [1.165, 1.54) is 18.5 Å². The van der Waals surface area contributed by atoms with Crippen LogP contribution in [0.5, 0.6) is 0 Å². The number of hydrogen-bond acceptors (Lipinski definition) is 5. The van der Waals surface area contributed by atoms with Crippen LogP contribution in [0.2, 0.25) is 0 Å². The highest BCUT2D eigenvalue weighted by atomic mass is 16.3. The highest BCUT2D eigenvalue weighted by Gasteiger charge is 2.02. The smallest absolute Gasteiger partial charge is 0.248 e. The van der Waals surface area contributed by atoms with Crippen LogP contribution in [0.1, 0.15) is 5.76 Å². The van der Waals surface area contributed by atoms with Crippen molar-refractivity contribution in [2.75, 3.05) is 5.32 Å². The van der Waals surface area contributed by atoms with Crippen LogP contribution in [-0.2, 0) is 4.79 Å². The molecule has 7 nitrogen and oxygen atoms in total. The number of rotatable bonds is 4. The van der Waals surface area contributed by atoms with Crippen molar-refractivity contribution in [2.45, 2.75) is 0 Å². The molecule has 0 fully saturated rings. The summed E-state index contributed by atoms with van der Waals surface area (Å²) in [5, 5.41) is 2.66. The summed E-state index contributed by atoms with van der Waals surface area (Å²) in [6.07, 6.45) is 12.5. The molecule has 1 N–H and O–H groups in total. The van der Waals surface area contributed by atoms with Gasteiger partial charge in [-0.25, -0.2) is 15.0 Å². The molecule has 0 saturated carbocycles. The van der Waals surface area contributed by atoms with Gasteiger partial charge in [0.25, 0.3) is 0 Å². The fraction of sp³-hybridized carbons (Fsp3) is 0. The van der Waals surface area contributed by atoms with Crippen molar-refractivity contribution in [2.24, 2.45) is 0 Å². The molecule has 0 aliphatic carbocycles. The van der Waals surface area contributed by atoms with Crippen molar-refractivity contribution in [1.82, 2.24) is 19.5 Å². The van der Waals surface area contributed by atoms with Crippen LogP contribution in [-0.4, -0.2) is 25.4 Å². The molecular formula is C14H11N5O2. The largest absolute Gasteiger partial charge is 0.465 e. The summed E-state index contributed by atoms with van der Waals surface area (Å²) in [6, 6.07) is 3.51. The van der Waals surface area contributed by atoms with Crippen molar-refractivity contribution in [1.29, 1.82) is 0 Å². The van der Waals surface area contributed by atoms with Gasteiger partial charge in [0.15, 0.2) is 0 Å². The Bertz CT molecular complexity index is 730. The lowest BCUT2D eigenvalue weighted by atomic mass is 10.4. The van der Waals surface area contributed by atoms with Gasteiger partial charge in [-0.05, 0) is 18.2 Å². The Kier molecular flexibility index (Phi) is 3.55. The Balaban J connectivity index is 1.64. The zero-order valence-electron chi connectivity index (χ0n) is 10.9. The molecule has 0 bridgehead atoms. The van der Waals surface area contributed by atoms with E-state index in [4.69, 9.17) is 4.42 Å². The number of aromatic nitrogens is 4. The molecule has 0 spiro atoms. The lowest BCUT2D eigenvalue weighted by Crippen LogP contribution is -2.09. The summed E-state index contributed by atoms with van der Waals surface area (Å²) in [5.74, 6) is 0.805. The molecule has 104 valence electrons. The van der Waals surface area contributed by atoms with Gasteiger partial charge in [-0.2, -0.15) is 0 Å². The second kappa shape index (κ2) is 5.83. The Morgan fingerprint density at radius 2 is 2.19 bits per heavy atom. The SMILES string of the molecule is O=C(C=Cc1ccco1)Nc1cnc(-n2ccnc2)nc1. The van der Waals surface area contributed by atoms with Gasteiger partial charge in [-0.15, -0.1) is 0 Å². The van der Waals surface area contributed by atoms with Gasteiger partial charge < -0.3 is 9.73 Å². The molecule has 0 aromatic carbocycles. The molecule has 3 heterocycles. The van der Waals surface area contributed by atoms with Gasteiger partial charge in [-0.1, -0.05) is 0 Å². The van der Waals surface area contributed by atoms with Crippen LogP contribution in [0.3, 0.4) is 0 Å². The van der Waals surface area contributed by atoms with Crippen LogP contribution in [0, 0.1) is 0 Å². The summed E-state index contributed by atoms with van der Waals surface area (Å²) in [4.78, 5) is 23.9. The summed E-state index contributed by atoms with van der Waals surface area (Å²) in [5.41, 5.74) is 0.507. The minimum Gasteiger partial charge on any atom is -0.465 e. The number of amides is 1. The fourth-order valence-electron chi connectivity index (χ4n) is 1.62. The van der Waals surface area contributed by atoms with Crippen LogP contribution >= 0.6 is 0 Å². The standard InChI is InChI=1S/C14H11N5O2/c20-13(4-3-12-2-1-7-21-12)18-11-8-16-14(17-9-11)19-6-5-15-10-19/h1-10H,(H,18,20). The average molecular weight is 281 g/mol. The number of anilines is 1. The second-order valence-corrected chi connectivity index (χ2v) is 4.08. The predicted octanol–water partition coefficient (Wildman–Crippen LogP) is 1.91. The maximum absolute atomic E-state index is 11.7. The van der Waals surface area contributed by atoms with Crippen LogP contribution in [0.15, 0.2) is 60.0 Å².